The molecule has 0 saturated heterocycles. The summed E-state index contributed by atoms with van der Waals surface area (Å²) < 4.78 is 0. The Labute approximate surface area is 209 Å². The molecule has 0 atom stereocenters. The largest absolute Gasteiger partial charge is 0.399 e. The molecular formula is C28H27N5OS. The third-order valence-corrected chi connectivity index (χ3v) is 7.48. The third-order valence-electron chi connectivity index (χ3n) is 6.25. The van der Waals surface area contributed by atoms with E-state index in [9.17, 15) is 4.79 Å². The number of hydrogen-bond donors (Lipinski definition) is 3. The summed E-state index contributed by atoms with van der Waals surface area (Å²) in [6.07, 6.45) is 6.29. The minimum Gasteiger partial charge on any atom is -0.399 e. The van der Waals surface area contributed by atoms with Gasteiger partial charge in [0.15, 0.2) is 0 Å². The molecule has 5 rings (SSSR count). The molecule has 0 aliphatic heterocycles. The number of aryl methyl sites for hydroxylation is 2. The van der Waals surface area contributed by atoms with Gasteiger partial charge in [0, 0.05) is 33.7 Å². The van der Waals surface area contributed by atoms with Crippen LogP contribution in [0.4, 0.5) is 17.3 Å². The normalized spacial score (nSPS) is 12.6. The SMILES string of the molecule is C=C(N)c1ccc(Nc2nccc(-c3cccc(NC(=O)c4cc5c(s4)CCCC5)c3C)n2)cc1. The Balaban J connectivity index is 1.35. The molecule has 4 aromatic rings. The van der Waals surface area contributed by atoms with Gasteiger partial charge >= 0.3 is 0 Å². The number of amides is 1. The van der Waals surface area contributed by atoms with Gasteiger partial charge in [0.25, 0.3) is 5.91 Å². The van der Waals surface area contributed by atoms with Crippen molar-refractivity contribution in [1.82, 2.24) is 9.97 Å². The number of rotatable bonds is 6. The Morgan fingerprint density at radius 3 is 2.66 bits per heavy atom. The van der Waals surface area contributed by atoms with Crippen LogP contribution in [0.25, 0.3) is 17.0 Å². The highest BCUT2D eigenvalue weighted by atomic mass is 32.1. The van der Waals surface area contributed by atoms with Crippen molar-refractivity contribution < 1.29 is 4.79 Å². The zero-order chi connectivity index (χ0) is 24.4. The van der Waals surface area contributed by atoms with Crippen molar-refractivity contribution >= 4 is 40.3 Å². The number of nitrogens with zero attached hydrogens (tertiary/aromatic N) is 2. The van der Waals surface area contributed by atoms with Crippen LogP contribution in [0.3, 0.4) is 0 Å². The molecule has 2 aromatic heterocycles. The molecule has 0 fully saturated rings. The van der Waals surface area contributed by atoms with Gasteiger partial charge in [0.2, 0.25) is 5.95 Å². The monoisotopic (exact) mass is 481 g/mol. The molecule has 4 N–H and O–H groups in total. The van der Waals surface area contributed by atoms with Gasteiger partial charge in [0.05, 0.1) is 10.6 Å². The second-order valence-corrected chi connectivity index (χ2v) is 9.83. The van der Waals surface area contributed by atoms with Gasteiger partial charge in [-0.25, -0.2) is 9.97 Å². The fourth-order valence-electron chi connectivity index (χ4n) is 4.30. The van der Waals surface area contributed by atoms with Crippen molar-refractivity contribution in [2.45, 2.75) is 32.6 Å². The number of carbonyl (C=O) groups excluding carboxylic acids is 1. The van der Waals surface area contributed by atoms with Crippen LogP contribution in [0.1, 0.15) is 44.1 Å². The lowest BCUT2D eigenvalue weighted by Crippen LogP contribution is -2.11. The van der Waals surface area contributed by atoms with E-state index >= 15 is 0 Å². The van der Waals surface area contributed by atoms with Gasteiger partial charge in [-0.05, 0) is 79.6 Å². The number of aromatic nitrogens is 2. The molecule has 2 aromatic carbocycles. The quantitative estimate of drug-likeness (QED) is 0.300. The first kappa shape index (κ1) is 22.8. The molecule has 7 heteroatoms. The molecule has 1 aliphatic carbocycles. The highest BCUT2D eigenvalue weighted by Gasteiger charge is 2.18. The Morgan fingerprint density at radius 2 is 1.89 bits per heavy atom. The summed E-state index contributed by atoms with van der Waals surface area (Å²) in [7, 11) is 0. The molecule has 35 heavy (non-hydrogen) atoms. The number of benzene rings is 2. The van der Waals surface area contributed by atoms with E-state index in [0.717, 1.165) is 51.5 Å². The summed E-state index contributed by atoms with van der Waals surface area (Å²) in [4.78, 5) is 24.2. The molecule has 0 radical (unpaired) electrons. The van der Waals surface area contributed by atoms with Crippen LogP contribution < -0.4 is 16.4 Å². The molecular weight excluding hydrogens is 454 g/mol. The van der Waals surface area contributed by atoms with Crippen molar-refractivity contribution in [3.05, 3.63) is 93.8 Å². The number of hydrogen-bond acceptors (Lipinski definition) is 6. The zero-order valence-corrected chi connectivity index (χ0v) is 20.4. The minimum absolute atomic E-state index is 0.0571. The Hall–Kier alpha value is -3.97. The first-order valence-corrected chi connectivity index (χ1v) is 12.5. The van der Waals surface area contributed by atoms with Gasteiger partial charge in [-0.15, -0.1) is 11.3 Å². The summed E-state index contributed by atoms with van der Waals surface area (Å²) in [5.41, 5.74) is 12.8. The van der Waals surface area contributed by atoms with Crippen LogP contribution in [-0.4, -0.2) is 15.9 Å². The van der Waals surface area contributed by atoms with Crippen molar-refractivity contribution in [2.24, 2.45) is 5.73 Å². The van der Waals surface area contributed by atoms with Gasteiger partial charge in [-0.2, -0.15) is 0 Å². The van der Waals surface area contributed by atoms with E-state index in [1.807, 2.05) is 55.5 Å². The Bertz CT molecular complexity index is 1380. The number of thiophene rings is 1. The van der Waals surface area contributed by atoms with Gasteiger partial charge in [0.1, 0.15) is 0 Å². The standard InChI is InChI=1S/C28H27N5OS/c1-17-22(24-14-15-30-28(33-24)31-21-12-10-19(11-13-21)18(2)29)7-5-8-23(17)32-27(34)26-16-20-6-3-4-9-25(20)35-26/h5,7-8,10-16H,2-4,6,9,29H2,1H3,(H,32,34)(H,30,31,33). The van der Waals surface area contributed by atoms with E-state index in [2.05, 4.69) is 28.3 Å². The molecule has 0 spiro atoms. The maximum Gasteiger partial charge on any atom is 0.265 e. The fourth-order valence-corrected chi connectivity index (χ4v) is 5.45. The molecule has 0 bridgehead atoms. The van der Waals surface area contributed by atoms with Crippen LogP contribution in [0, 0.1) is 6.92 Å². The van der Waals surface area contributed by atoms with Gasteiger partial charge < -0.3 is 16.4 Å². The average Bonchev–Trinajstić information content (AvgIpc) is 3.30. The summed E-state index contributed by atoms with van der Waals surface area (Å²) in [5.74, 6) is 0.429. The number of anilines is 3. The van der Waals surface area contributed by atoms with Crippen LogP contribution in [-0.2, 0) is 12.8 Å². The fraction of sp³-hybridized carbons (Fsp3) is 0.179. The Morgan fingerprint density at radius 1 is 1.09 bits per heavy atom. The molecule has 1 amide bonds. The van der Waals surface area contributed by atoms with E-state index in [1.165, 1.54) is 23.3 Å². The highest BCUT2D eigenvalue weighted by Crippen LogP contribution is 2.32. The van der Waals surface area contributed by atoms with E-state index in [4.69, 9.17) is 10.7 Å². The van der Waals surface area contributed by atoms with E-state index in [-0.39, 0.29) is 5.91 Å². The summed E-state index contributed by atoms with van der Waals surface area (Å²) >= 11 is 1.62. The van der Waals surface area contributed by atoms with Gasteiger partial charge in [-0.3, -0.25) is 4.79 Å². The average molecular weight is 482 g/mol. The Kier molecular flexibility index (Phi) is 6.33. The highest BCUT2D eigenvalue weighted by molar-refractivity contribution is 7.14. The smallest absolute Gasteiger partial charge is 0.265 e. The third kappa shape index (κ3) is 4.95. The number of nitrogens with two attached hydrogens (primary N) is 1. The van der Waals surface area contributed by atoms with Crippen LogP contribution in [0.2, 0.25) is 0 Å². The molecule has 0 unspecified atom stereocenters. The van der Waals surface area contributed by atoms with E-state index < -0.39 is 0 Å². The first-order valence-electron chi connectivity index (χ1n) is 11.7. The summed E-state index contributed by atoms with van der Waals surface area (Å²) in [5, 5.41) is 6.34. The lowest BCUT2D eigenvalue weighted by Gasteiger charge is -2.13. The topological polar surface area (TPSA) is 92.9 Å². The van der Waals surface area contributed by atoms with Crippen molar-refractivity contribution in [1.29, 1.82) is 0 Å². The number of carbonyl (C=O) groups is 1. The van der Waals surface area contributed by atoms with Crippen LogP contribution >= 0.6 is 11.3 Å². The second kappa shape index (κ2) is 9.72. The van der Waals surface area contributed by atoms with Crippen LogP contribution in [0.15, 0.2) is 67.4 Å². The molecule has 176 valence electrons. The van der Waals surface area contributed by atoms with Crippen LogP contribution in [0.5, 0.6) is 0 Å². The molecule has 1 aliphatic rings. The van der Waals surface area contributed by atoms with Gasteiger partial charge in [-0.1, -0.05) is 30.8 Å². The molecule has 0 saturated carbocycles. The second-order valence-electron chi connectivity index (χ2n) is 8.69. The van der Waals surface area contributed by atoms with E-state index in [0.29, 0.717) is 11.6 Å². The summed E-state index contributed by atoms with van der Waals surface area (Å²) in [6, 6.07) is 17.4. The predicted molar refractivity (Wildman–Crippen MR) is 144 cm³/mol. The maximum absolute atomic E-state index is 13.0. The lowest BCUT2D eigenvalue weighted by molar-refractivity contribution is 0.103. The first-order chi connectivity index (χ1) is 17.0. The molecule has 6 nitrogen and oxygen atoms in total. The summed E-state index contributed by atoms with van der Waals surface area (Å²) in [6.45, 7) is 5.75. The number of fused-ring (bicyclic) bond motifs is 1. The zero-order valence-electron chi connectivity index (χ0n) is 19.6. The minimum atomic E-state index is -0.0571. The van der Waals surface area contributed by atoms with Crippen molar-refractivity contribution in [3.63, 3.8) is 0 Å². The van der Waals surface area contributed by atoms with E-state index in [1.54, 1.807) is 17.5 Å². The number of nitrogens with one attached hydrogen (secondary N) is 2. The molecule has 2 heterocycles. The van der Waals surface area contributed by atoms with Crippen molar-refractivity contribution in [2.75, 3.05) is 10.6 Å². The van der Waals surface area contributed by atoms with Crippen molar-refractivity contribution in [3.8, 4) is 11.3 Å². The lowest BCUT2D eigenvalue weighted by atomic mass is 9.99. The predicted octanol–water partition coefficient (Wildman–Crippen LogP) is 6.32. The maximum atomic E-state index is 13.0.